The third-order valence-corrected chi connectivity index (χ3v) is 2.64. The van der Waals surface area contributed by atoms with Crippen LogP contribution in [0.15, 0.2) is 30.5 Å². The van der Waals surface area contributed by atoms with Crippen molar-refractivity contribution >= 4 is 34.8 Å². The number of para-hydroxylation sites is 1. The topological polar surface area (TPSA) is 17.8 Å². The van der Waals surface area contributed by atoms with Gasteiger partial charge in [-0.1, -0.05) is 40.9 Å². The number of hydrogen-bond donors (Lipinski definition) is 0. The summed E-state index contributed by atoms with van der Waals surface area (Å²) in [6.45, 7) is 0. The Morgan fingerprint density at radius 1 is 1.00 bits per heavy atom. The molecule has 0 saturated carbocycles. The van der Waals surface area contributed by atoms with Gasteiger partial charge < -0.3 is 0 Å². The molecular weight excluding hydrogens is 242 g/mol. The average Bonchev–Trinajstić information content (AvgIpc) is 2.52. The third kappa shape index (κ3) is 1.61. The molecule has 0 aliphatic carbocycles. The Balaban J connectivity index is 2.68. The van der Waals surface area contributed by atoms with Crippen molar-refractivity contribution in [3.8, 4) is 5.69 Å². The van der Waals surface area contributed by atoms with Gasteiger partial charge in [0.25, 0.3) is 0 Å². The monoisotopic (exact) mass is 246 g/mol. The van der Waals surface area contributed by atoms with Gasteiger partial charge >= 0.3 is 0 Å². The van der Waals surface area contributed by atoms with E-state index in [0.717, 1.165) is 0 Å². The Morgan fingerprint density at radius 2 is 1.64 bits per heavy atom. The van der Waals surface area contributed by atoms with E-state index in [4.69, 9.17) is 34.8 Å². The lowest BCUT2D eigenvalue weighted by molar-refractivity contribution is 0.882. The van der Waals surface area contributed by atoms with Crippen molar-refractivity contribution in [2.45, 2.75) is 0 Å². The molecular formula is C9H5Cl3N2. The van der Waals surface area contributed by atoms with Crippen molar-refractivity contribution in [1.82, 2.24) is 9.78 Å². The van der Waals surface area contributed by atoms with Crippen molar-refractivity contribution in [3.63, 3.8) is 0 Å². The van der Waals surface area contributed by atoms with E-state index in [-0.39, 0.29) is 0 Å². The summed E-state index contributed by atoms with van der Waals surface area (Å²) in [4.78, 5) is 0. The van der Waals surface area contributed by atoms with E-state index < -0.39 is 0 Å². The van der Waals surface area contributed by atoms with E-state index in [1.807, 2.05) is 0 Å². The highest BCUT2D eigenvalue weighted by molar-refractivity contribution is 6.38. The summed E-state index contributed by atoms with van der Waals surface area (Å²) in [6, 6.07) is 6.91. The first-order valence-corrected chi connectivity index (χ1v) is 4.97. The number of nitrogens with zero attached hydrogens (tertiary/aromatic N) is 2. The van der Waals surface area contributed by atoms with E-state index >= 15 is 0 Å². The fourth-order valence-electron chi connectivity index (χ4n) is 1.14. The van der Waals surface area contributed by atoms with Gasteiger partial charge in [0.15, 0.2) is 0 Å². The Labute approximate surface area is 96.0 Å². The van der Waals surface area contributed by atoms with Crippen LogP contribution in [0.5, 0.6) is 0 Å². The van der Waals surface area contributed by atoms with Crippen LogP contribution in [-0.2, 0) is 0 Å². The maximum absolute atomic E-state index is 5.99. The molecule has 0 aliphatic rings. The van der Waals surface area contributed by atoms with Crippen LogP contribution in [-0.4, -0.2) is 9.78 Å². The Morgan fingerprint density at radius 3 is 2.14 bits per heavy atom. The first-order valence-electron chi connectivity index (χ1n) is 3.84. The van der Waals surface area contributed by atoms with Crippen LogP contribution in [0.3, 0.4) is 0 Å². The first-order chi connectivity index (χ1) is 6.70. The number of hydrogen-bond acceptors (Lipinski definition) is 1. The summed E-state index contributed by atoms with van der Waals surface area (Å²) in [5.41, 5.74) is 0.603. The van der Waals surface area contributed by atoms with Gasteiger partial charge in [-0.05, 0) is 18.2 Å². The molecule has 0 atom stereocenters. The van der Waals surface area contributed by atoms with Crippen molar-refractivity contribution in [1.29, 1.82) is 0 Å². The molecule has 0 radical (unpaired) electrons. The molecule has 0 bridgehead atoms. The normalized spacial score (nSPS) is 10.5. The summed E-state index contributed by atoms with van der Waals surface area (Å²) >= 11 is 17.9. The molecule has 0 spiro atoms. The number of benzene rings is 1. The summed E-state index contributed by atoms with van der Waals surface area (Å²) in [5, 5.41) is 5.53. The summed E-state index contributed by atoms with van der Waals surface area (Å²) in [5.74, 6) is 0. The summed E-state index contributed by atoms with van der Waals surface area (Å²) in [6.07, 6.45) is 1.59. The maximum atomic E-state index is 5.99. The molecule has 1 aromatic carbocycles. The van der Waals surface area contributed by atoms with Crippen LogP contribution in [0.4, 0.5) is 0 Å². The molecule has 1 aromatic heterocycles. The predicted molar refractivity (Wildman–Crippen MR) is 58.6 cm³/mol. The van der Waals surface area contributed by atoms with Crippen molar-refractivity contribution in [2.75, 3.05) is 0 Å². The van der Waals surface area contributed by atoms with E-state index in [2.05, 4.69) is 5.10 Å². The van der Waals surface area contributed by atoms with Gasteiger partial charge in [-0.2, -0.15) is 5.10 Å². The third-order valence-electron chi connectivity index (χ3n) is 1.75. The number of aromatic nitrogens is 2. The fraction of sp³-hybridized carbons (Fsp3) is 0. The molecule has 1 heterocycles. The second kappa shape index (κ2) is 3.81. The second-order valence-corrected chi connectivity index (χ2v) is 3.84. The first kappa shape index (κ1) is 9.84. The van der Waals surface area contributed by atoms with Crippen LogP contribution in [0.1, 0.15) is 0 Å². The smallest absolute Gasteiger partial charge is 0.132 e. The fourth-order valence-corrected chi connectivity index (χ4v) is 1.89. The molecule has 2 aromatic rings. The van der Waals surface area contributed by atoms with Crippen molar-refractivity contribution in [2.24, 2.45) is 0 Å². The SMILES string of the molecule is Clc1cccc(Cl)c1-n1nccc1Cl. The van der Waals surface area contributed by atoms with Gasteiger partial charge in [0.05, 0.1) is 16.2 Å². The standard InChI is InChI=1S/C9H5Cl3N2/c10-6-2-1-3-7(11)9(6)14-8(12)4-5-13-14/h1-5H. The lowest BCUT2D eigenvalue weighted by atomic mass is 10.3. The molecule has 0 N–H and O–H groups in total. The Bertz CT molecular complexity index is 445. The van der Waals surface area contributed by atoms with Crippen LogP contribution in [0, 0.1) is 0 Å². The molecule has 5 heteroatoms. The molecule has 2 nitrogen and oxygen atoms in total. The molecule has 72 valence electrons. The molecule has 14 heavy (non-hydrogen) atoms. The highest BCUT2D eigenvalue weighted by Crippen LogP contribution is 2.29. The molecule has 0 aliphatic heterocycles. The van der Waals surface area contributed by atoms with Gasteiger partial charge in [0.2, 0.25) is 0 Å². The summed E-state index contributed by atoms with van der Waals surface area (Å²) in [7, 11) is 0. The van der Waals surface area contributed by atoms with Gasteiger partial charge in [0.1, 0.15) is 10.8 Å². The largest absolute Gasteiger partial charge is 0.219 e. The quantitative estimate of drug-likeness (QED) is 0.749. The maximum Gasteiger partial charge on any atom is 0.132 e. The Kier molecular flexibility index (Phi) is 2.68. The number of rotatable bonds is 1. The van der Waals surface area contributed by atoms with Gasteiger partial charge in [-0.15, -0.1) is 0 Å². The van der Waals surface area contributed by atoms with E-state index in [9.17, 15) is 0 Å². The van der Waals surface area contributed by atoms with Crippen molar-refractivity contribution in [3.05, 3.63) is 45.7 Å². The van der Waals surface area contributed by atoms with E-state index in [0.29, 0.717) is 20.9 Å². The zero-order valence-corrected chi connectivity index (χ0v) is 9.18. The summed E-state index contributed by atoms with van der Waals surface area (Å²) < 4.78 is 1.49. The Hall–Kier alpha value is -0.700. The predicted octanol–water partition coefficient (Wildman–Crippen LogP) is 3.83. The molecule has 0 fully saturated rings. The highest BCUT2D eigenvalue weighted by Gasteiger charge is 2.10. The minimum atomic E-state index is 0.472. The molecule has 0 saturated heterocycles. The zero-order valence-electron chi connectivity index (χ0n) is 6.92. The average molecular weight is 248 g/mol. The van der Waals surface area contributed by atoms with Crippen LogP contribution in [0.2, 0.25) is 15.2 Å². The molecule has 2 rings (SSSR count). The second-order valence-electron chi connectivity index (χ2n) is 2.64. The van der Waals surface area contributed by atoms with E-state index in [1.54, 1.807) is 30.5 Å². The van der Waals surface area contributed by atoms with Gasteiger partial charge in [0, 0.05) is 0 Å². The van der Waals surface area contributed by atoms with Crippen molar-refractivity contribution < 1.29 is 0 Å². The van der Waals surface area contributed by atoms with Gasteiger partial charge in [-0.3, -0.25) is 0 Å². The van der Waals surface area contributed by atoms with E-state index in [1.165, 1.54) is 4.68 Å². The van der Waals surface area contributed by atoms with Crippen LogP contribution < -0.4 is 0 Å². The minimum Gasteiger partial charge on any atom is -0.219 e. The lowest BCUT2D eigenvalue weighted by Gasteiger charge is -2.07. The van der Waals surface area contributed by atoms with Crippen LogP contribution >= 0.6 is 34.8 Å². The van der Waals surface area contributed by atoms with Gasteiger partial charge in [-0.25, -0.2) is 4.68 Å². The highest BCUT2D eigenvalue weighted by atomic mass is 35.5. The number of halogens is 3. The van der Waals surface area contributed by atoms with Crippen LogP contribution in [0.25, 0.3) is 5.69 Å². The molecule has 0 amide bonds. The molecule has 0 unspecified atom stereocenters. The zero-order chi connectivity index (χ0) is 10.1. The lowest BCUT2D eigenvalue weighted by Crippen LogP contribution is -1.97. The minimum absolute atomic E-state index is 0.472.